The predicted molar refractivity (Wildman–Crippen MR) is 116 cm³/mol. The SMILES string of the molecule is CCCNC(=O)C(C)N(CCc1ccccc1)C(=O)CCc1ccc2c(c1)OCO2. The Bertz CT molecular complexity index is 854. The van der Waals surface area contributed by atoms with Crippen LogP contribution in [0.1, 0.15) is 37.8 Å². The zero-order valence-corrected chi connectivity index (χ0v) is 17.7. The highest BCUT2D eigenvalue weighted by Crippen LogP contribution is 2.32. The second-order valence-electron chi connectivity index (χ2n) is 7.48. The van der Waals surface area contributed by atoms with Gasteiger partial charge < -0.3 is 19.7 Å². The summed E-state index contributed by atoms with van der Waals surface area (Å²) < 4.78 is 10.8. The van der Waals surface area contributed by atoms with Gasteiger partial charge in [-0.2, -0.15) is 0 Å². The van der Waals surface area contributed by atoms with Crippen molar-refractivity contribution in [1.82, 2.24) is 10.2 Å². The third-order valence-electron chi connectivity index (χ3n) is 5.27. The maximum atomic E-state index is 13.1. The molecule has 6 nitrogen and oxygen atoms in total. The van der Waals surface area contributed by atoms with Crippen molar-refractivity contribution in [1.29, 1.82) is 0 Å². The number of nitrogens with one attached hydrogen (secondary N) is 1. The predicted octanol–water partition coefficient (Wildman–Crippen LogP) is 3.33. The summed E-state index contributed by atoms with van der Waals surface area (Å²) in [7, 11) is 0. The number of benzene rings is 2. The molecule has 30 heavy (non-hydrogen) atoms. The van der Waals surface area contributed by atoms with Crippen LogP contribution in [0.3, 0.4) is 0 Å². The fraction of sp³-hybridized carbons (Fsp3) is 0.417. The van der Waals surface area contributed by atoms with E-state index >= 15 is 0 Å². The first-order valence-corrected chi connectivity index (χ1v) is 10.6. The van der Waals surface area contributed by atoms with Crippen LogP contribution >= 0.6 is 0 Å². The molecule has 0 fully saturated rings. The molecule has 0 saturated carbocycles. The van der Waals surface area contributed by atoms with Crippen LogP contribution in [0.4, 0.5) is 0 Å². The third kappa shape index (κ3) is 5.75. The standard InChI is InChI=1S/C24H30N2O4/c1-3-14-25-24(28)18(2)26(15-13-19-7-5-4-6-8-19)23(27)12-10-20-9-11-21-22(16-20)30-17-29-21/h4-9,11,16,18H,3,10,12-15,17H2,1-2H3,(H,25,28). The largest absolute Gasteiger partial charge is 0.454 e. The molecule has 1 aliphatic rings. The smallest absolute Gasteiger partial charge is 0.242 e. The fourth-order valence-corrected chi connectivity index (χ4v) is 3.46. The van der Waals surface area contributed by atoms with Gasteiger partial charge in [-0.3, -0.25) is 9.59 Å². The van der Waals surface area contributed by atoms with Crippen LogP contribution in [0.2, 0.25) is 0 Å². The Morgan fingerprint density at radius 2 is 1.80 bits per heavy atom. The molecule has 0 spiro atoms. The number of hydrogen-bond donors (Lipinski definition) is 1. The number of ether oxygens (including phenoxy) is 2. The maximum Gasteiger partial charge on any atom is 0.242 e. The molecule has 160 valence electrons. The lowest BCUT2D eigenvalue weighted by atomic mass is 10.1. The van der Waals surface area contributed by atoms with Gasteiger partial charge in [-0.1, -0.05) is 43.3 Å². The van der Waals surface area contributed by atoms with E-state index in [0.29, 0.717) is 38.1 Å². The maximum absolute atomic E-state index is 13.1. The van der Waals surface area contributed by atoms with E-state index in [-0.39, 0.29) is 18.6 Å². The van der Waals surface area contributed by atoms with Gasteiger partial charge in [0.25, 0.3) is 0 Å². The van der Waals surface area contributed by atoms with Crippen LogP contribution in [0, 0.1) is 0 Å². The Morgan fingerprint density at radius 1 is 1.03 bits per heavy atom. The van der Waals surface area contributed by atoms with Gasteiger partial charge in [-0.25, -0.2) is 0 Å². The molecule has 6 heteroatoms. The number of hydrogen-bond acceptors (Lipinski definition) is 4. The van der Waals surface area contributed by atoms with Crippen LogP contribution in [0.25, 0.3) is 0 Å². The van der Waals surface area contributed by atoms with Crippen LogP contribution < -0.4 is 14.8 Å². The van der Waals surface area contributed by atoms with Crippen molar-refractivity contribution < 1.29 is 19.1 Å². The molecule has 0 aromatic heterocycles. The van der Waals surface area contributed by atoms with E-state index in [9.17, 15) is 9.59 Å². The molecule has 2 aromatic rings. The summed E-state index contributed by atoms with van der Waals surface area (Å²) in [5.74, 6) is 1.31. The molecule has 2 amide bonds. The summed E-state index contributed by atoms with van der Waals surface area (Å²) in [5.41, 5.74) is 2.16. The Kier molecular flexibility index (Phi) is 7.71. The summed E-state index contributed by atoms with van der Waals surface area (Å²) >= 11 is 0. The minimum Gasteiger partial charge on any atom is -0.454 e. The van der Waals surface area contributed by atoms with E-state index in [0.717, 1.165) is 23.3 Å². The van der Waals surface area contributed by atoms with Gasteiger partial charge in [0.2, 0.25) is 18.6 Å². The van der Waals surface area contributed by atoms with Gasteiger partial charge >= 0.3 is 0 Å². The van der Waals surface area contributed by atoms with Crippen LogP contribution in [0.5, 0.6) is 11.5 Å². The number of rotatable bonds is 10. The number of carbonyl (C=O) groups excluding carboxylic acids is 2. The number of amides is 2. The lowest BCUT2D eigenvalue weighted by Gasteiger charge is -2.29. The van der Waals surface area contributed by atoms with Gasteiger partial charge in [0, 0.05) is 19.5 Å². The Hall–Kier alpha value is -3.02. The molecule has 1 unspecified atom stereocenters. The number of carbonyl (C=O) groups is 2. The topological polar surface area (TPSA) is 67.9 Å². The molecular formula is C24H30N2O4. The van der Waals surface area contributed by atoms with Crippen molar-refractivity contribution in [3.63, 3.8) is 0 Å². The summed E-state index contributed by atoms with van der Waals surface area (Å²) in [6, 6.07) is 15.2. The average Bonchev–Trinajstić information content (AvgIpc) is 3.24. The lowest BCUT2D eigenvalue weighted by Crippen LogP contribution is -2.49. The summed E-state index contributed by atoms with van der Waals surface area (Å²) in [6.45, 7) is 5.16. The van der Waals surface area contributed by atoms with Gasteiger partial charge in [-0.05, 0) is 49.4 Å². The molecule has 1 heterocycles. The first-order valence-electron chi connectivity index (χ1n) is 10.6. The first-order chi connectivity index (χ1) is 14.6. The van der Waals surface area contributed by atoms with Gasteiger partial charge in [-0.15, -0.1) is 0 Å². The Labute approximate surface area is 178 Å². The monoisotopic (exact) mass is 410 g/mol. The minimum absolute atomic E-state index is 0.0252. The van der Waals surface area contributed by atoms with Gasteiger partial charge in [0.05, 0.1) is 0 Å². The van der Waals surface area contributed by atoms with E-state index in [1.807, 2.05) is 55.5 Å². The van der Waals surface area contributed by atoms with Crippen LogP contribution in [-0.4, -0.2) is 42.6 Å². The molecule has 0 saturated heterocycles. The van der Waals surface area contributed by atoms with E-state index < -0.39 is 6.04 Å². The van der Waals surface area contributed by atoms with Crippen LogP contribution in [0.15, 0.2) is 48.5 Å². The van der Waals surface area contributed by atoms with Crippen molar-refractivity contribution in [3.8, 4) is 11.5 Å². The molecule has 1 atom stereocenters. The average molecular weight is 411 g/mol. The second kappa shape index (κ2) is 10.7. The molecule has 2 aromatic carbocycles. The zero-order chi connectivity index (χ0) is 21.3. The van der Waals surface area contributed by atoms with Crippen molar-refractivity contribution in [2.45, 2.75) is 45.6 Å². The summed E-state index contributed by atoms with van der Waals surface area (Å²) in [4.78, 5) is 27.3. The van der Waals surface area contributed by atoms with Crippen molar-refractivity contribution in [2.24, 2.45) is 0 Å². The normalized spacial score (nSPS) is 13.0. The molecule has 0 radical (unpaired) electrons. The lowest BCUT2D eigenvalue weighted by molar-refractivity contribution is -0.139. The highest BCUT2D eigenvalue weighted by Gasteiger charge is 2.25. The summed E-state index contributed by atoms with van der Waals surface area (Å²) in [6.07, 6.45) is 2.49. The van der Waals surface area contributed by atoms with Gasteiger partial charge in [0.15, 0.2) is 11.5 Å². The fourth-order valence-electron chi connectivity index (χ4n) is 3.46. The summed E-state index contributed by atoms with van der Waals surface area (Å²) in [5, 5.41) is 2.90. The van der Waals surface area contributed by atoms with Crippen molar-refractivity contribution in [2.75, 3.05) is 19.9 Å². The van der Waals surface area contributed by atoms with E-state index in [4.69, 9.17) is 9.47 Å². The van der Waals surface area contributed by atoms with E-state index in [1.54, 1.807) is 11.8 Å². The molecule has 3 rings (SSSR count). The number of aryl methyl sites for hydroxylation is 1. The molecule has 1 N–H and O–H groups in total. The minimum atomic E-state index is -0.510. The number of nitrogens with zero attached hydrogens (tertiary/aromatic N) is 1. The molecular weight excluding hydrogens is 380 g/mol. The number of fused-ring (bicyclic) bond motifs is 1. The third-order valence-corrected chi connectivity index (χ3v) is 5.27. The highest BCUT2D eigenvalue weighted by atomic mass is 16.7. The second-order valence-corrected chi connectivity index (χ2v) is 7.48. The zero-order valence-electron chi connectivity index (χ0n) is 17.7. The Morgan fingerprint density at radius 3 is 2.57 bits per heavy atom. The molecule has 1 aliphatic heterocycles. The van der Waals surface area contributed by atoms with Gasteiger partial charge in [0.1, 0.15) is 6.04 Å². The first kappa shape index (κ1) is 21.7. The molecule has 0 bridgehead atoms. The van der Waals surface area contributed by atoms with Crippen LogP contribution in [-0.2, 0) is 22.4 Å². The highest BCUT2D eigenvalue weighted by molar-refractivity contribution is 5.87. The van der Waals surface area contributed by atoms with Crippen molar-refractivity contribution in [3.05, 3.63) is 59.7 Å². The van der Waals surface area contributed by atoms with E-state index in [1.165, 1.54) is 0 Å². The quantitative estimate of drug-likeness (QED) is 0.652. The van der Waals surface area contributed by atoms with E-state index in [2.05, 4.69) is 5.32 Å². The molecule has 0 aliphatic carbocycles. The Balaban J connectivity index is 1.64. The van der Waals surface area contributed by atoms with Crippen molar-refractivity contribution >= 4 is 11.8 Å².